The molecular formula is C23H25NO6S. The first-order valence-electron chi connectivity index (χ1n) is 9.70. The van der Waals surface area contributed by atoms with E-state index in [-0.39, 0.29) is 12.5 Å². The molecule has 1 amide bonds. The summed E-state index contributed by atoms with van der Waals surface area (Å²) in [6, 6.07) is 6.39. The van der Waals surface area contributed by atoms with E-state index in [9.17, 15) is 14.4 Å². The number of carbonyl (C=O) groups excluding carboxylic acids is 2. The van der Waals surface area contributed by atoms with Crippen LogP contribution in [0, 0.1) is 19.3 Å². The van der Waals surface area contributed by atoms with Crippen LogP contribution in [0.25, 0.3) is 11.0 Å². The summed E-state index contributed by atoms with van der Waals surface area (Å²) in [5.74, 6) is -0.210. The summed E-state index contributed by atoms with van der Waals surface area (Å²) < 4.78 is 15.9. The maximum atomic E-state index is 12.9. The van der Waals surface area contributed by atoms with E-state index in [1.165, 1.54) is 24.5 Å². The Bertz CT molecular complexity index is 1220. The number of ether oxygens (including phenoxy) is 2. The fourth-order valence-corrected chi connectivity index (χ4v) is 3.97. The van der Waals surface area contributed by atoms with E-state index in [2.05, 4.69) is 5.32 Å². The van der Waals surface area contributed by atoms with Crippen molar-refractivity contribution in [3.05, 3.63) is 56.3 Å². The summed E-state index contributed by atoms with van der Waals surface area (Å²) in [4.78, 5) is 38.2. The van der Waals surface area contributed by atoms with E-state index in [4.69, 9.17) is 13.9 Å². The molecule has 0 aliphatic heterocycles. The van der Waals surface area contributed by atoms with E-state index >= 15 is 0 Å². The molecule has 3 aromatic rings. The van der Waals surface area contributed by atoms with Gasteiger partial charge in [0.1, 0.15) is 22.9 Å². The summed E-state index contributed by atoms with van der Waals surface area (Å²) in [6.07, 6.45) is 0. The third-order valence-corrected chi connectivity index (χ3v) is 6.02. The van der Waals surface area contributed by atoms with Crippen LogP contribution in [0.5, 0.6) is 5.75 Å². The highest BCUT2D eigenvalue weighted by molar-refractivity contribution is 7.16. The smallest absolute Gasteiger partial charge is 0.341 e. The van der Waals surface area contributed by atoms with E-state index in [0.717, 1.165) is 10.4 Å². The maximum Gasteiger partial charge on any atom is 0.341 e. The number of hydrogen-bond donors (Lipinski definition) is 1. The minimum atomic E-state index is -0.606. The zero-order valence-electron chi connectivity index (χ0n) is 18.4. The molecule has 0 bridgehead atoms. The van der Waals surface area contributed by atoms with Crippen molar-refractivity contribution in [1.82, 2.24) is 0 Å². The molecule has 0 saturated heterocycles. The zero-order chi connectivity index (χ0) is 22.9. The monoisotopic (exact) mass is 443 g/mol. The minimum absolute atomic E-state index is 0.117. The van der Waals surface area contributed by atoms with Gasteiger partial charge < -0.3 is 19.2 Å². The highest BCUT2D eigenvalue weighted by atomic mass is 32.1. The van der Waals surface area contributed by atoms with Crippen molar-refractivity contribution in [2.75, 3.05) is 12.4 Å². The van der Waals surface area contributed by atoms with Crippen LogP contribution >= 0.6 is 11.3 Å². The Hall–Kier alpha value is -3.13. The van der Waals surface area contributed by atoms with Crippen LogP contribution in [0.2, 0.25) is 0 Å². The molecule has 0 saturated carbocycles. The number of esters is 1. The lowest BCUT2D eigenvalue weighted by molar-refractivity contribution is -0.123. The standard InChI is InChI=1S/C23H25NO6S/c1-12-13(2)31-20(24-22(27)23(3,4)5)19(12)21(26)29-11-14-9-18(25)30-17-10-15(28-6)7-8-16(14)17/h7-10H,11H2,1-6H3,(H,24,27). The maximum absolute atomic E-state index is 12.9. The number of thiophene rings is 1. The van der Waals surface area contributed by atoms with Crippen molar-refractivity contribution in [2.24, 2.45) is 5.41 Å². The van der Waals surface area contributed by atoms with Crippen molar-refractivity contribution < 1.29 is 23.5 Å². The van der Waals surface area contributed by atoms with E-state index in [0.29, 0.717) is 32.8 Å². The fraction of sp³-hybridized carbons (Fsp3) is 0.348. The summed E-state index contributed by atoms with van der Waals surface area (Å²) in [5, 5.41) is 3.95. The normalized spacial score (nSPS) is 11.4. The van der Waals surface area contributed by atoms with Crippen LogP contribution < -0.4 is 15.7 Å². The molecule has 0 aliphatic rings. The minimum Gasteiger partial charge on any atom is -0.497 e. The molecule has 1 aromatic carbocycles. The number of rotatable bonds is 5. The highest BCUT2D eigenvalue weighted by Gasteiger charge is 2.27. The first-order chi connectivity index (χ1) is 14.5. The second-order valence-electron chi connectivity index (χ2n) is 8.22. The second-order valence-corrected chi connectivity index (χ2v) is 9.45. The Morgan fingerprint density at radius 3 is 2.52 bits per heavy atom. The van der Waals surface area contributed by atoms with Gasteiger partial charge in [0.25, 0.3) is 0 Å². The highest BCUT2D eigenvalue weighted by Crippen LogP contribution is 2.34. The second kappa shape index (κ2) is 8.55. The Kier molecular flexibility index (Phi) is 6.22. The van der Waals surface area contributed by atoms with Crippen molar-refractivity contribution in [3.63, 3.8) is 0 Å². The van der Waals surface area contributed by atoms with Crippen LogP contribution in [-0.4, -0.2) is 19.0 Å². The predicted octanol–water partition coefficient (Wildman–Crippen LogP) is 4.82. The predicted molar refractivity (Wildman–Crippen MR) is 120 cm³/mol. The van der Waals surface area contributed by atoms with Gasteiger partial charge in [-0.2, -0.15) is 0 Å². The van der Waals surface area contributed by atoms with Crippen molar-refractivity contribution in [3.8, 4) is 5.75 Å². The van der Waals surface area contributed by atoms with Gasteiger partial charge in [-0.05, 0) is 31.5 Å². The lowest BCUT2D eigenvalue weighted by atomic mass is 9.96. The molecule has 0 spiro atoms. The SMILES string of the molecule is COc1ccc2c(COC(=O)c3c(NC(=O)C(C)(C)C)sc(C)c3C)cc(=O)oc2c1. The molecule has 7 nitrogen and oxygen atoms in total. The quantitative estimate of drug-likeness (QED) is 0.449. The largest absolute Gasteiger partial charge is 0.497 e. The fourth-order valence-electron chi connectivity index (χ4n) is 2.92. The Morgan fingerprint density at radius 2 is 1.87 bits per heavy atom. The van der Waals surface area contributed by atoms with Gasteiger partial charge in [-0.15, -0.1) is 11.3 Å². The van der Waals surface area contributed by atoms with Crippen molar-refractivity contribution in [2.45, 2.75) is 41.2 Å². The first kappa shape index (κ1) is 22.6. The van der Waals surface area contributed by atoms with Gasteiger partial charge >= 0.3 is 11.6 Å². The van der Waals surface area contributed by atoms with Gasteiger partial charge in [-0.25, -0.2) is 9.59 Å². The third kappa shape index (κ3) is 4.80. The molecule has 2 aromatic heterocycles. The average Bonchev–Trinajstić information content (AvgIpc) is 2.97. The van der Waals surface area contributed by atoms with Crippen LogP contribution in [0.4, 0.5) is 5.00 Å². The van der Waals surface area contributed by atoms with Crippen LogP contribution in [-0.2, 0) is 16.1 Å². The summed E-state index contributed by atoms with van der Waals surface area (Å²) in [5.41, 5.74) is 0.791. The molecule has 1 N–H and O–H groups in total. The lowest BCUT2D eigenvalue weighted by Crippen LogP contribution is -2.28. The zero-order valence-corrected chi connectivity index (χ0v) is 19.2. The number of nitrogens with one attached hydrogen (secondary N) is 1. The molecular weight excluding hydrogens is 418 g/mol. The third-order valence-electron chi connectivity index (χ3n) is 4.89. The molecule has 3 rings (SSSR count). The van der Waals surface area contributed by atoms with Gasteiger partial charge in [0, 0.05) is 33.4 Å². The summed E-state index contributed by atoms with van der Waals surface area (Å²) >= 11 is 1.33. The Morgan fingerprint density at radius 1 is 1.16 bits per heavy atom. The van der Waals surface area contributed by atoms with E-state index in [1.807, 2.05) is 13.8 Å². The number of benzene rings is 1. The number of amides is 1. The number of carbonyl (C=O) groups is 2. The summed E-state index contributed by atoms with van der Waals surface area (Å²) in [7, 11) is 1.52. The molecule has 0 unspecified atom stereocenters. The number of hydrogen-bond acceptors (Lipinski definition) is 7. The van der Waals surface area contributed by atoms with E-state index in [1.54, 1.807) is 39.0 Å². The van der Waals surface area contributed by atoms with Crippen molar-refractivity contribution in [1.29, 1.82) is 0 Å². The first-order valence-corrected chi connectivity index (χ1v) is 10.5. The van der Waals surface area contributed by atoms with Crippen LogP contribution in [0.1, 0.15) is 47.1 Å². The molecule has 0 radical (unpaired) electrons. The van der Waals surface area contributed by atoms with E-state index < -0.39 is 17.0 Å². The number of fused-ring (bicyclic) bond motifs is 1. The Balaban J connectivity index is 1.88. The van der Waals surface area contributed by atoms with Crippen LogP contribution in [0.3, 0.4) is 0 Å². The molecule has 2 heterocycles. The van der Waals surface area contributed by atoms with Crippen molar-refractivity contribution >= 4 is 39.2 Å². The number of methoxy groups -OCH3 is 1. The lowest BCUT2D eigenvalue weighted by Gasteiger charge is -2.17. The summed E-state index contributed by atoms with van der Waals surface area (Å²) in [6.45, 7) is 8.98. The topological polar surface area (TPSA) is 94.8 Å². The number of anilines is 1. The van der Waals surface area contributed by atoms with Gasteiger partial charge in [0.2, 0.25) is 5.91 Å². The molecule has 31 heavy (non-hydrogen) atoms. The molecule has 0 atom stereocenters. The average molecular weight is 444 g/mol. The van der Waals surface area contributed by atoms with Gasteiger partial charge in [0.05, 0.1) is 12.7 Å². The molecule has 0 fully saturated rings. The number of aryl methyl sites for hydroxylation is 1. The molecule has 0 aliphatic carbocycles. The molecule has 164 valence electrons. The Labute approximate surface area is 184 Å². The molecule has 8 heteroatoms. The van der Waals surface area contributed by atoms with Gasteiger partial charge in [-0.1, -0.05) is 20.8 Å². The van der Waals surface area contributed by atoms with Gasteiger partial charge in [-0.3, -0.25) is 4.79 Å². The van der Waals surface area contributed by atoms with Crippen LogP contribution in [0.15, 0.2) is 33.5 Å². The van der Waals surface area contributed by atoms with Gasteiger partial charge in [0.15, 0.2) is 0 Å².